The molecule has 0 radical (unpaired) electrons. The first-order chi connectivity index (χ1) is 13.8. The van der Waals surface area contributed by atoms with Crippen LogP contribution in [0, 0.1) is 6.92 Å². The van der Waals surface area contributed by atoms with E-state index in [4.69, 9.17) is 11.6 Å². The van der Waals surface area contributed by atoms with Gasteiger partial charge in [0.05, 0.1) is 5.75 Å². The van der Waals surface area contributed by atoms with Gasteiger partial charge in [0.15, 0.2) is 11.0 Å². The number of benzene rings is 2. The summed E-state index contributed by atoms with van der Waals surface area (Å²) in [6.45, 7) is 2.04. The number of aromatic nitrogens is 3. The van der Waals surface area contributed by atoms with Gasteiger partial charge in [0.2, 0.25) is 10.0 Å². The zero-order valence-corrected chi connectivity index (χ0v) is 18.9. The Bertz CT molecular complexity index is 1080. The Morgan fingerprint density at radius 1 is 1.10 bits per heavy atom. The van der Waals surface area contributed by atoms with Gasteiger partial charge in [-0.3, -0.25) is 4.57 Å². The number of hydrogen-bond donors (Lipinski definition) is 0. The molecule has 0 fully saturated rings. The minimum Gasteiger partial charge on any atom is -0.270 e. The van der Waals surface area contributed by atoms with E-state index in [2.05, 4.69) is 16.3 Å². The van der Waals surface area contributed by atoms with E-state index in [1.807, 2.05) is 54.0 Å². The molecule has 0 spiro atoms. The molecular formula is C20H23ClN4O2S2. The van der Waals surface area contributed by atoms with Crippen LogP contribution in [0.15, 0.2) is 53.7 Å². The van der Waals surface area contributed by atoms with Gasteiger partial charge in [-0.2, -0.15) is 0 Å². The first-order valence-electron chi connectivity index (χ1n) is 9.09. The van der Waals surface area contributed by atoms with Gasteiger partial charge < -0.3 is 0 Å². The summed E-state index contributed by atoms with van der Waals surface area (Å²) in [5, 5.41) is 10.2. The number of halogens is 1. The first-order valence-corrected chi connectivity index (χ1v) is 12.1. The Kier molecular flexibility index (Phi) is 7.00. The highest BCUT2D eigenvalue weighted by atomic mass is 35.5. The van der Waals surface area contributed by atoms with E-state index in [9.17, 15) is 8.42 Å². The Labute approximate surface area is 181 Å². The molecule has 0 aliphatic carbocycles. The summed E-state index contributed by atoms with van der Waals surface area (Å²) in [5.74, 6) is 1.45. The fraction of sp³-hybridized carbons (Fsp3) is 0.300. The molecule has 3 rings (SSSR count). The van der Waals surface area contributed by atoms with Crippen molar-refractivity contribution in [3.05, 3.63) is 59.1 Å². The maximum absolute atomic E-state index is 12.0. The fourth-order valence-corrected chi connectivity index (χ4v) is 4.81. The third kappa shape index (κ3) is 5.39. The highest BCUT2D eigenvalue weighted by Gasteiger charge is 2.17. The smallest absolute Gasteiger partial charge is 0.213 e. The Hall–Kier alpha value is -1.87. The summed E-state index contributed by atoms with van der Waals surface area (Å²) < 4.78 is 27.2. The molecule has 29 heavy (non-hydrogen) atoms. The predicted molar refractivity (Wildman–Crippen MR) is 119 cm³/mol. The van der Waals surface area contributed by atoms with Gasteiger partial charge in [-0.1, -0.05) is 35.5 Å². The molecule has 0 unspecified atom stereocenters. The molecule has 0 N–H and O–H groups in total. The molecule has 154 valence electrons. The standard InChI is InChI=1S/C20H23ClN4O2S2/c1-15-6-4-7-18(14-15)25-19(16-8-10-17(21)11-9-16)22-23-20(25)28-12-5-13-29(26,27)24(2)3/h4,6-11,14H,5,12-13H2,1-3H3. The summed E-state index contributed by atoms with van der Waals surface area (Å²) in [4.78, 5) is 0. The van der Waals surface area contributed by atoms with E-state index in [1.54, 1.807) is 14.1 Å². The number of aryl methyl sites for hydroxylation is 1. The van der Waals surface area contributed by atoms with Crippen molar-refractivity contribution in [2.75, 3.05) is 25.6 Å². The van der Waals surface area contributed by atoms with Gasteiger partial charge in [-0.25, -0.2) is 12.7 Å². The predicted octanol–water partition coefficient (Wildman–Crippen LogP) is 4.27. The zero-order valence-electron chi connectivity index (χ0n) is 16.5. The molecular weight excluding hydrogens is 428 g/mol. The topological polar surface area (TPSA) is 68.1 Å². The average Bonchev–Trinajstić information content (AvgIpc) is 3.09. The first kappa shape index (κ1) is 21.8. The maximum Gasteiger partial charge on any atom is 0.213 e. The van der Waals surface area contributed by atoms with Crippen molar-refractivity contribution in [3.63, 3.8) is 0 Å². The highest BCUT2D eigenvalue weighted by molar-refractivity contribution is 7.99. The zero-order chi connectivity index (χ0) is 21.0. The van der Waals surface area contributed by atoms with Gasteiger partial charge in [0, 0.05) is 36.1 Å². The van der Waals surface area contributed by atoms with Crippen LogP contribution >= 0.6 is 23.4 Å². The molecule has 9 heteroatoms. The summed E-state index contributed by atoms with van der Waals surface area (Å²) in [7, 11) is -0.0961. The molecule has 1 aromatic heterocycles. The molecule has 0 aliphatic heterocycles. The second-order valence-corrected chi connectivity index (χ2v) is 10.6. The van der Waals surface area contributed by atoms with Crippen molar-refractivity contribution >= 4 is 33.4 Å². The highest BCUT2D eigenvalue weighted by Crippen LogP contribution is 2.29. The monoisotopic (exact) mass is 450 g/mol. The van der Waals surface area contributed by atoms with Crippen molar-refractivity contribution in [3.8, 4) is 17.1 Å². The van der Waals surface area contributed by atoms with Crippen molar-refractivity contribution in [1.82, 2.24) is 19.1 Å². The summed E-state index contributed by atoms with van der Waals surface area (Å²) >= 11 is 7.53. The molecule has 0 atom stereocenters. The lowest BCUT2D eigenvalue weighted by molar-refractivity contribution is 0.520. The summed E-state index contributed by atoms with van der Waals surface area (Å²) in [5.41, 5.74) is 3.00. The van der Waals surface area contributed by atoms with Crippen molar-refractivity contribution < 1.29 is 8.42 Å². The molecule has 2 aromatic carbocycles. The molecule has 0 bridgehead atoms. The molecule has 0 saturated heterocycles. The van der Waals surface area contributed by atoms with E-state index < -0.39 is 10.0 Å². The third-order valence-electron chi connectivity index (χ3n) is 4.33. The maximum atomic E-state index is 12.0. The lowest BCUT2D eigenvalue weighted by atomic mass is 10.2. The number of hydrogen-bond acceptors (Lipinski definition) is 5. The van der Waals surface area contributed by atoms with Crippen LogP contribution in [-0.4, -0.2) is 53.1 Å². The number of thioether (sulfide) groups is 1. The van der Waals surface area contributed by atoms with Gasteiger partial charge in [-0.05, 0) is 55.3 Å². The average molecular weight is 451 g/mol. The van der Waals surface area contributed by atoms with Crippen LogP contribution in [0.1, 0.15) is 12.0 Å². The molecule has 1 heterocycles. The number of nitrogens with zero attached hydrogens (tertiary/aromatic N) is 4. The van der Waals surface area contributed by atoms with Crippen molar-refractivity contribution in [2.45, 2.75) is 18.5 Å². The third-order valence-corrected chi connectivity index (χ3v) is 7.51. The van der Waals surface area contributed by atoms with Crippen LogP contribution in [-0.2, 0) is 10.0 Å². The fourth-order valence-electron chi connectivity index (χ4n) is 2.74. The molecule has 0 saturated carbocycles. The second-order valence-electron chi connectivity index (χ2n) is 6.79. The molecule has 0 aliphatic rings. The van der Waals surface area contributed by atoms with E-state index in [0.717, 1.165) is 27.8 Å². The van der Waals surface area contributed by atoms with Gasteiger partial charge in [0.1, 0.15) is 0 Å². The largest absolute Gasteiger partial charge is 0.270 e. The van der Waals surface area contributed by atoms with Crippen LogP contribution in [0.4, 0.5) is 0 Å². The van der Waals surface area contributed by atoms with Crippen LogP contribution in [0.2, 0.25) is 5.02 Å². The summed E-state index contributed by atoms with van der Waals surface area (Å²) in [6, 6.07) is 15.6. The lowest BCUT2D eigenvalue weighted by Gasteiger charge is -2.12. The van der Waals surface area contributed by atoms with Crippen LogP contribution < -0.4 is 0 Å². The van der Waals surface area contributed by atoms with E-state index in [1.165, 1.54) is 16.1 Å². The van der Waals surface area contributed by atoms with Gasteiger partial charge in [0.25, 0.3) is 0 Å². The van der Waals surface area contributed by atoms with E-state index in [0.29, 0.717) is 17.2 Å². The van der Waals surface area contributed by atoms with Crippen LogP contribution in [0.3, 0.4) is 0 Å². The summed E-state index contributed by atoms with van der Waals surface area (Å²) in [6.07, 6.45) is 0.530. The molecule has 6 nitrogen and oxygen atoms in total. The Morgan fingerprint density at radius 2 is 1.83 bits per heavy atom. The van der Waals surface area contributed by atoms with Crippen molar-refractivity contribution in [1.29, 1.82) is 0 Å². The van der Waals surface area contributed by atoms with Crippen LogP contribution in [0.5, 0.6) is 0 Å². The number of rotatable bonds is 8. The van der Waals surface area contributed by atoms with Gasteiger partial charge in [-0.15, -0.1) is 10.2 Å². The van der Waals surface area contributed by atoms with Crippen LogP contribution in [0.25, 0.3) is 17.1 Å². The number of sulfonamides is 1. The molecule has 0 amide bonds. The van der Waals surface area contributed by atoms with E-state index in [-0.39, 0.29) is 5.75 Å². The lowest BCUT2D eigenvalue weighted by Crippen LogP contribution is -2.25. The molecule has 3 aromatic rings. The SMILES string of the molecule is Cc1cccc(-n2c(SCCCS(=O)(=O)N(C)C)nnc2-c2ccc(Cl)cc2)c1. The van der Waals surface area contributed by atoms with E-state index >= 15 is 0 Å². The van der Waals surface area contributed by atoms with Gasteiger partial charge >= 0.3 is 0 Å². The Morgan fingerprint density at radius 3 is 2.48 bits per heavy atom. The minimum atomic E-state index is -3.20. The Balaban J connectivity index is 1.88. The second kappa shape index (κ2) is 9.30. The normalized spacial score (nSPS) is 11.9. The quantitative estimate of drug-likeness (QED) is 0.378. The minimum absolute atomic E-state index is 0.107. The van der Waals surface area contributed by atoms with Crippen molar-refractivity contribution in [2.24, 2.45) is 0 Å².